The maximum absolute atomic E-state index is 10.6. The average Bonchev–Trinajstić information content (AvgIpc) is 2.59. The molecule has 0 aliphatic heterocycles. The van der Waals surface area contributed by atoms with Crippen molar-refractivity contribution in [3.8, 4) is 0 Å². The summed E-state index contributed by atoms with van der Waals surface area (Å²) in [6.45, 7) is 4.53. The number of nitrogens with zero attached hydrogens (tertiary/aromatic N) is 1. The number of hydrogen-bond donors (Lipinski definition) is 0. The highest BCUT2D eigenvalue weighted by Crippen LogP contribution is 2.17. The number of carbonyl (C=O) groups excluding carboxylic acids is 1. The summed E-state index contributed by atoms with van der Waals surface area (Å²) in [5.41, 5.74) is 0. The zero-order valence-corrected chi connectivity index (χ0v) is 16.7. The van der Waals surface area contributed by atoms with E-state index in [0.717, 1.165) is 12.8 Å². The van der Waals surface area contributed by atoms with E-state index in [-0.39, 0.29) is 6.04 Å². The van der Waals surface area contributed by atoms with Gasteiger partial charge in [0, 0.05) is 0 Å². The van der Waals surface area contributed by atoms with E-state index in [4.69, 9.17) is 0 Å². The van der Waals surface area contributed by atoms with Crippen molar-refractivity contribution in [2.75, 3.05) is 0 Å². The molecule has 0 radical (unpaired) electrons. The summed E-state index contributed by atoms with van der Waals surface area (Å²) in [5, 5.41) is 0. The van der Waals surface area contributed by atoms with E-state index < -0.39 is 0 Å². The minimum Gasteiger partial charge on any atom is -0.211 e. The monoisotopic (exact) mass is 337 g/mol. The van der Waals surface area contributed by atoms with Gasteiger partial charge in [-0.05, 0) is 12.8 Å². The highest BCUT2D eigenvalue weighted by molar-refractivity contribution is 5.33. The fraction of sp³-hybridized carbons (Fsp3) is 0.955. The van der Waals surface area contributed by atoms with Crippen molar-refractivity contribution in [3.63, 3.8) is 0 Å². The van der Waals surface area contributed by atoms with E-state index in [0.29, 0.717) is 0 Å². The van der Waals surface area contributed by atoms with E-state index in [1.54, 1.807) is 6.08 Å². The topological polar surface area (TPSA) is 29.4 Å². The van der Waals surface area contributed by atoms with Crippen LogP contribution in [0.4, 0.5) is 0 Å². The lowest BCUT2D eigenvalue weighted by atomic mass is 10.00. The Hall–Kier alpha value is -0.620. The van der Waals surface area contributed by atoms with E-state index >= 15 is 0 Å². The molecular weight excluding hydrogens is 294 g/mol. The smallest absolute Gasteiger partial charge is 0.211 e. The van der Waals surface area contributed by atoms with Crippen molar-refractivity contribution >= 4 is 6.08 Å². The fourth-order valence-corrected chi connectivity index (χ4v) is 3.38. The predicted octanol–water partition coefficient (Wildman–Crippen LogP) is 7.75. The molecule has 0 aromatic rings. The molecule has 0 heterocycles. The molecule has 0 amide bonds. The molecule has 0 aliphatic carbocycles. The van der Waals surface area contributed by atoms with Crippen LogP contribution in [-0.4, -0.2) is 12.1 Å². The summed E-state index contributed by atoms with van der Waals surface area (Å²) in [6.07, 6.45) is 25.4. The molecule has 0 spiro atoms. The summed E-state index contributed by atoms with van der Waals surface area (Å²) < 4.78 is 0. The summed E-state index contributed by atoms with van der Waals surface area (Å²) in [6, 6.07) is 0.239. The van der Waals surface area contributed by atoms with Crippen LogP contribution in [0.2, 0.25) is 0 Å². The molecule has 1 atom stereocenters. The van der Waals surface area contributed by atoms with Crippen LogP contribution >= 0.6 is 0 Å². The van der Waals surface area contributed by atoms with Gasteiger partial charge in [0.15, 0.2) is 0 Å². The molecule has 0 fully saturated rings. The summed E-state index contributed by atoms with van der Waals surface area (Å²) in [5.74, 6) is 0. The SMILES string of the molecule is CCCCCCCCCCCC(CCCCCCCCC)N=C=O. The van der Waals surface area contributed by atoms with E-state index in [1.165, 1.54) is 103 Å². The Labute approximate surface area is 151 Å². The van der Waals surface area contributed by atoms with Crippen molar-refractivity contribution in [1.82, 2.24) is 0 Å². The maximum Gasteiger partial charge on any atom is 0.235 e. The molecule has 0 saturated carbocycles. The largest absolute Gasteiger partial charge is 0.235 e. The molecule has 0 aromatic carbocycles. The predicted molar refractivity (Wildman–Crippen MR) is 106 cm³/mol. The van der Waals surface area contributed by atoms with Gasteiger partial charge in [0.1, 0.15) is 0 Å². The van der Waals surface area contributed by atoms with E-state index in [1.807, 2.05) is 0 Å². The summed E-state index contributed by atoms with van der Waals surface area (Å²) in [7, 11) is 0. The van der Waals surface area contributed by atoms with E-state index in [2.05, 4.69) is 18.8 Å². The third-order valence-electron chi connectivity index (χ3n) is 5.02. The molecule has 0 rings (SSSR count). The van der Waals surface area contributed by atoms with Gasteiger partial charge in [-0.3, -0.25) is 0 Å². The lowest BCUT2D eigenvalue weighted by Gasteiger charge is -2.10. The number of unbranched alkanes of at least 4 members (excludes halogenated alkanes) is 14. The van der Waals surface area contributed by atoms with Crippen LogP contribution in [0.25, 0.3) is 0 Å². The number of aliphatic imine (C=N–C) groups is 1. The molecule has 2 heteroatoms. The first-order valence-corrected chi connectivity index (χ1v) is 10.9. The number of hydrogen-bond acceptors (Lipinski definition) is 2. The number of rotatable bonds is 19. The normalized spacial score (nSPS) is 12.1. The van der Waals surface area contributed by atoms with Gasteiger partial charge < -0.3 is 0 Å². The molecule has 1 unspecified atom stereocenters. The van der Waals surface area contributed by atoms with Crippen LogP contribution in [0, 0.1) is 0 Å². The summed E-state index contributed by atoms with van der Waals surface area (Å²) in [4.78, 5) is 14.6. The fourth-order valence-electron chi connectivity index (χ4n) is 3.38. The van der Waals surface area contributed by atoms with Crippen molar-refractivity contribution in [1.29, 1.82) is 0 Å². The lowest BCUT2D eigenvalue weighted by Crippen LogP contribution is -2.04. The molecular formula is C22H43NO. The molecule has 0 bridgehead atoms. The molecule has 2 nitrogen and oxygen atoms in total. The van der Waals surface area contributed by atoms with Gasteiger partial charge in [0.25, 0.3) is 0 Å². The van der Waals surface area contributed by atoms with Crippen LogP contribution in [-0.2, 0) is 4.79 Å². The minimum atomic E-state index is 0.239. The minimum absolute atomic E-state index is 0.239. The third kappa shape index (κ3) is 17.7. The number of isocyanates is 1. The molecule has 142 valence electrons. The summed E-state index contributed by atoms with van der Waals surface area (Å²) >= 11 is 0. The average molecular weight is 338 g/mol. The Bertz CT molecular complexity index is 284. The van der Waals surface area contributed by atoms with Gasteiger partial charge in [0.05, 0.1) is 6.04 Å². The first kappa shape index (κ1) is 23.4. The van der Waals surface area contributed by atoms with Gasteiger partial charge >= 0.3 is 0 Å². The molecule has 0 saturated heterocycles. The Morgan fingerprint density at radius 3 is 1.25 bits per heavy atom. The maximum atomic E-state index is 10.6. The second kappa shape index (κ2) is 20.4. The highest BCUT2D eigenvalue weighted by atomic mass is 16.1. The van der Waals surface area contributed by atoms with Gasteiger partial charge in [-0.2, -0.15) is 0 Å². The van der Waals surface area contributed by atoms with Gasteiger partial charge in [-0.15, -0.1) is 0 Å². The first-order chi connectivity index (χ1) is 11.8. The van der Waals surface area contributed by atoms with Crippen molar-refractivity contribution in [2.45, 2.75) is 135 Å². The van der Waals surface area contributed by atoms with Gasteiger partial charge in [0.2, 0.25) is 6.08 Å². The Morgan fingerprint density at radius 1 is 0.583 bits per heavy atom. The molecule has 0 aliphatic rings. The second-order valence-electron chi connectivity index (χ2n) is 7.40. The quantitative estimate of drug-likeness (QED) is 0.134. The highest BCUT2D eigenvalue weighted by Gasteiger charge is 2.06. The zero-order chi connectivity index (χ0) is 17.7. The first-order valence-electron chi connectivity index (χ1n) is 10.9. The third-order valence-corrected chi connectivity index (χ3v) is 5.02. The molecule has 0 aromatic heterocycles. The Morgan fingerprint density at radius 2 is 0.917 bits per heavy atom. The van der Waals surface area contributed by atoms with E-state index in [9.17, 15) is 4.79 Å². The van der Waals surface area contributed by atoms with Gasteiger partial charge in [-0.25, -0.2) is 9.79 Å². The zero-order valence-electron chi connectivity index (χ0n) is 16.7. The molecule has 24 heavy (non-hydrogen) atoms. The second-order valence-corrected chi connectivity index (χ2v) is 7.40. The van der Waals surface area contributed by atoms with Gasteiger partial charge in [-0.1, -0.05) is 117 Å². The Balaban J connectivity index is 3.48. The van der Waals surface area contributed by atoms with Crippen LogP contribution in [0.15, 0.2) is 4.99 Å². The van der Waals surface area contributed by atoms with Crippen LogP contribution < -0.4 is 0 Å². The van der Waals surface area contributed by atoms with Crippen molar-refractivity contribution < 1.29 is 4.79 Å². The van der Waals surface area contributed by atoms with Crippen LogP contribution in [0.5, 0.6) is 0 Å². The van der Waals surface area contributed by atoms with Crippen molar-refractivity contribution in [2.24, 2.45) is 4.99 Å². The lowest BCUT2D eigenvalue weighted by molar-refractivity contribution is 0.476. The Kier molecular flexibility index (Phi) is 19.9. The molecule has 0 N–H and O–H groups in total. The van der Waals surface area contributed by atoms with Crippen LogP contribution in [0.1, 0.15) is 129 Å². The standard InChI is InChI=1S/C22H43NO/c1-3-5-7-9-11-12-14-16-18-20-22(23-21-24)19-17-15-13-10-8-6-4-2/h22H,3-20H2,1-2H3. The van der Waals surface area contributed by atoms with Crippen LogP contribution in [0.3, 0.4) is 0 Å². The van der Waals surface area contributed by atoms with Crippen molar-refractivity contribution in [3.05, 3.63) is 0 Å².